The molecular weight excluding hydrogens is 304 g/mol. The molecule has 6 heteroatoms. The minimum atomic E-state index is -0.464. The van der Waals surface area contributed by atoms with Gasteiger partial charge < -0.3 is 15.0 Å². The van der Waals surface area contributed by atoms with E-state index in [1.807, 2.05) is 53.1 Å². The van der Waals surface area contributed by atoms with Crippen LogP contribution in [0.3, 0.4) is 0 Å². The summed E-state index contributed by atoms with van der Waals surface area (Å²) in [6.45, 7) is 0.365. The van der Waals surface area contributed by atoms with Gasteiger partial charge in [-0.05, 0) is 23.8 Å². The van der Waals surface area contributed by atoms with Crippen LogP contribution in [0.1, 0.15) is 23.6 Å². The number of nitrogens with one attached hydrogen (secondary N) is 2. The zero-order chi connectivity index (χ0) is 16.5. The lowest BCUT2D eigenvalue weighted by Gasteiger charge is -2.24. The second kappa shape index (κ2) is 5.81. The van der Waals surface area contributed by atoms with Crippen LogP contribution in [-0.2, 0) is 16.1 Å². The zero-order valence-electron chi connectivity index (χ0n) is 12.9. The van der Waals surface area contributed by atoms with Gasteiger partial charge in [0.05, 0.1) is 24.4 Å². The fourth-order valence-electron chi connectivity index (χ4n) is 3.06. The second-order valence-corrected chi connectivity index (χ2v) is 5.79. The largest absolute Gasteiger partial charge is 0.350 e. The molecule has 3 aromatic rings. The number of imidazole rings is 1. The molecule has 0 saturated carbocycles. The van der Waals surface area contributed by atoms with Crippen LogP contribution < -0.4 is 10.6 Å². The van der Waals surface area contributed by atoms with Gasteiger partial charge in [0.15, 0.2) is 0 Å². The fourth-order valence-corrected chi connectivity index (χ4v) is 3.06. The van der Waals surface area contributed by atoms with Crippen LogP contribution in [0.25, 0.3) is 5.65 Å². The van der Waals surface area contributed by atoms with Gasteiger partial charge in [0, 0.05) is 18.3 Å². The van der Waals surface area contributed by atoms with Gasteiger partial charge in [0.2, 0.25) is 11.8 Å². The Labute approximate surface area is 138 Å². The Morgan fingerprint density at radius 3 is 3.00 bits per heavy atom. The Balaban J connectivity index is 1.53. The van der Waals surface area contributed by atoms with E-state index in [1.54, 1.807) is 6.20 Å². The molecule has 0 radical (unpaired) electrons. The molecule has 1 aromatic carbocycles. The first-order valence-corrected chi connectivity index (χ1v) is 7.80. The van der Waals surface area contributed by atoms with Crippen molar-refractivity contribution in [2.75, 3.05) is 5.32 Å². The Morgan fingerprint density at radius 2 is 2.08 bits per heavy atom. The number of amides is 2. The molecule has 24 heavy (non-hydrogen) atoms. The van der Waals surface area contributed by atoms with E-state index in [0.717, 1.165) is 16.9 Å². The molecule has 0 fully saturated rings. The number of aromatic nitrogens is 2. The van der Waals surface area contributed by atoms with Crippen molar-refractivity contribution in [1.29, 1.82) is 0 Å². The number of carbonyl (C=O) groups is 2. The molecule has 0 saturated heterocycles. The molecule has 120 valence electrons. The van der Waals surface area contributed by atoms with Crippen LogP contribution in [0.15, 0.2) is 54.9 Å². The predicted molar refractivity (Wildman–Crippen MR) is 89.5 cm³/mol. The van der Waals surface area contributed by atoms with Crippen LogP contribution in [0, 0.1) is 0 Å². The zero-order valence-corrected chi connectivity index (χ0v) is 12.9. The van der Waals surface area contributed by atoms with Gasteiger partial charge >= 0.3 is 0 Å². The molecule has 0 bridgehead atoms. The maximum Gasteiger partial charge on any atom is 0.228 e. The SMILES string of the molecule is O=C1CC(C(=O)NCc2cnc3ccccn23)c2ccccc2N1. The van der Waals surface area contributed by atoms with Crippen LogP contribution in [-0.4, -0.2) is 21.2 Å². The van der Waals surface area contributed by atoms with E-state index in [0.29, 0.717) is 12.2 Å². The smallest absolute Gasteiger partial charge is 0.228 e. The number of benzene rings is 1. The first kappa shape index (κ1) is 14.4. The highest BCUT2D eigenvalue weighted by Gasteiger charge is 2.30. The van der Waals surface area contributed by atoms with Gasteiger partial charge in [-0.25, -0.2) is 4.98 Å². The summed E-state index contributed by atoms with van der Waals surface area (Å²) in [5, 5.41) is 5.73. The van der Waals surface area contributed by atoms with E-state index in [1.165, 1.54) is 0 Å². The number of para-hydroxylation sites is 1. The number of hydrogen-bond donors (Lipinski definition) is 2. The molecule has 0 spiro atoms. The lowest BCUT2D eigenvalue weighted by Crippen LogP contribution is -2.34. The van der Waals surface area contributed by atoms with E-state index >= 15 is 0 Å². The third-order valence-corrected chi connectivity index (χ3v) is 4.25. The standard InChI is InChI=1S/C18H16N4O2/c23-17-9-14(13-5-1-2-6-15(13)21-17)18(24)20-11-12-10-19-16-7-3-4-8-22(12)16/h1-8,10,14H,9,11H2,(H,20,24)(H,21,23). The molecule has 3 heterocycles. The minimum Gasteiger partial charge on any atom is -0.350 e. The number of anilines is 1. The van der Waals surface area contributed by atoms with Gasteiger partial charge in [0.1, 0.15) is 5.65 Å². The number of carbonyl (C=O) groups excluding carboxylic acids is 2. The molecule has 1 unspecified atom stereocenters. The molecular formula is C18H16N4O2. The van der Waals surface area contributed by atoms with E-state index in [9.17, 15) is 9.59 Å². The Bertz CT molecular complexity index is 931. The second-order valence-electron chi connectivity index (χ2n) is 5.79. The maximum absolute atomic E-state index is 12.6. The number of nitrogens with zero attached hydrogens (tertiary/aromatic N) is 2. The highest BCUT2D eigenvalue weighted by molar-refractivity contribution is 6.01. The topological polar surface area (TPSA) is 75.5 Å². The van der Waals surface area contributed by atoms with Crippen molar-refractivity contribution in [3.05, 3.63) is 66.1 Å². The molecule has 1 atom stereocenters. The van der Waals surface area contributed by atoms with Gasteiger partial charge in [-0.15, -0.1) is 0 Å². The van der Waals surface area contributed by atoms with E-state index in [2.05, 4.69) is 15.6 Å². The molecule has 6 nitrogen and oxygen atoms in total. The Kier molecular flexibility index (Phi) is 3.49. The molecule has 2 amide bonds. The van der Waals surface area contributed by atoms with Crippen molar-refractivity contribution in [1.82, 2.24) is 14.7 Å². The average molecular weight is 320 g/mol. The molecule has 1 aliphatic rings. The van der Waals surface area contributed by atoms with Crippen molar-refractivity contribution in [2.24, 2.45) is 0 Å². The Hall–Kier alpha value is -3.15. The number of hydrogen-bond acceptors (Lipinski definition) is 3. The summed E-state index contributed by atoms with van der Waals surface area (Å²) in [4.78, 5) is 28.8. The first-order valence-electron chi connectivity index (χ1n) is 7.80. The van der Waals surface area contributed by atoms with E-state index in [-0.39, 0.29) is 18.2 Å². The lowest BCUT2D eigenvalue weighted by molar-refractivity contribution is -0.126. The highest BCUT2D eigenvalue weighted by Crippen LogP contribution is 2.32. The van der Waals surface area contributed by atoms with Crippen LogP contribution in [0.4, 0.5) is 5.69 Å². The number of rotatable bonds is 3. The summed E-state index contributed by atoms with van der Waals surface area (Å²) >= 11 is 0. The molecule has 2 N–H and O–H groups in total. The van der Waals surface area contributed by atoms with Crippen molar-refractivity contribution >= 4 is 23.1 Å². The molecule has 4 rings (SSSR count). The number of pyridine rings is 1. The summed E-state index contributed by atoms with van der Waals surface area (Å²) in [6, 6.07) is 13.2. The van der Waals surface area contributed by atoms with E-state index < -0.39 is 5.92 Å². The third kappa shape index (κ3) is 2.52. The van der Waals surface area contributed by atoms with Crippen molar-refractivity contribution in [2.45, 2.75) is 18.9 Å². The molecule has 0 aliphatic carbocycles. The highest BCUT2D eigenvalue weighted by atomic mass is 16.2. The summed E-state index contributed by atoms with van der Waals surface area (Å²) in [6.07, 6.45) is 3.82. The van der Waals surface area contributed by atoms with Gasteiger partial charge in [-0.1, -0.05) is 24.3 Å². The number of fused-ring (bicyclic) bond motifs is 2. The van der Waals surface area contributed by atoms with Gasteiger partial charge in [-0.3, -0.25) is 9.59 Å². The fraction of sp³-hybridized carbons (Fsp3) is 0.167. The van der Waals surface area contributed by atoms with Crippen LogP contribution >= 0.6 is 0 Å². The van der Waals surface area contributed by atoms with Crippen LogP contribution in [0.2, 0.25) is 0 Å². The lowest BCUT2D eigenvalue weighted by atomic mass is 9.90. The van der Waals surface area contributed by atoms with Crippen molar-refractivity contribution < 1.29 is 9.59 Å². The molecule has 2 aromatic heterocycles. The average Bonchev–Trinajstić information content (AvgIpc) is 3.02. The quantitative estimate of drug-likeness (QED) is 0.776. The Morgan fingerprint density at radius 1 is 1.25 bits per heavy atom. The summed E-state index contributed by atoms with van der Waals surface area (Å²) in [5.74, 6) is -0.749. The van der Waals surface area contributed by atoms with E-state index in [4.69, 9.17) is 0 Å². The maximum atomic E-state index is 12.6. The predicted octanol–water partition coefficient (Wildman–Crippen LogP) is 2.08. The third-order valence-electron chi connectivity index (χ3n) is 4.25. The molecule has 1 aliphatic heterocycles. The normalized spacial score (nSPS) is 16.5. The van der Waals surface area contributed by atoms with Gasteiger partial charge in [-0.2, -0.15) is 0 Å². The summed E-state index contributed by atoms with van der Waals surface area (Å²) in [7, 11) is 0. The summed E-state index contributed by atoms with van der Waals surface area (Å²) in [5.41, 5.74) is 3.30. The van der Waals surface area contributed by atoms with Gasteiger partial charge in [0.25, 0.3) is 0 Å². The monoisotopic (exact) mass is 320 g/mol. The minimum absolute atomic E-state index is 0.136. The summed E-state index contributed by atoms with van der Waals surface area (Å²) < 4.78 is 1.93. The van der Waals surface area contributed by atoms with Crippen LogP contribution in [0.5, 0.6) is 0 Å². The first-order chi connectivity index (χ1) is 11.7. The van der Waals surface area contributed by atoms with Crippen molar-refractivity contribution in [3.63, 3.8) is 0 Å². The van der Waals surface area contributed by atoms with Crippen molar-refractivity contribution in [3.8, 4) is 0 Å².